The molecule has 1 aromatic carbocycles. The van der Waals surface area contributed by atoms with Crippen LogP contribution in [0, 0.1) is 0 Å². The summed E-state index contributed by atoms with van der Waals surface area (Å²) in [6.07, 6.45) is -4.62. The summed E-state index contributed by atoms with van der Waals surface area (Å²) in [6.45, 7) is 0.0553. The van der Waals surface area contributed by atoms with E-state index in [0.717, 1.165) is 12.1 Å². The van der Waals surface area contributed by atoms with Crippen molar-refractivity contribution in [2.45, 2.75) is 17.6 Å². The van der Waals surface area contributed by atoms with Gasteiger partial charge in [0.2, 0.25) is 10.0 Å². The average molecular weight is 282 g/mol. The van der Waals surface area contributed by atoms with Crippen LogP contribution in [-0.4, -0.2) is 27.4 Å². The third-order valence-electron chi connectivity index (χ3n) is 2.20. The molecule has 0 saturated heterocycles. The molecule has 0 aliphatic rings. The topological polar surface area (TPSA) is 63.4 Å². The molecule has 0 heterocycles. The molecular weight excluding hydrogens is 269 g/mol. The van der Waals surface area contributed by atoms with E-state index in [1.165, 1.54) is 0 Å². The van der Waals surface area contributed by atoms with Crippen molar-refractivity contribution in [1.29, 1.82) is 0 Å². The van der Waals surface area contributed by atoms with Crippen molar-refractivity contribution < 1.29 is 21.6 Å². The minimum atomic E-state index is -4.62. The Hall–Kier alpha value is -1.12. The number of hydrogen-bond acceptors (Lipinski definition) is 3. The summed E-state index contributed by atoms with van der Waals surface area (Å²) in [5.74, 6) is 0. The number of sulfonamides is 1. The molecule has 0 atom stereocenters. The van der Waals surface area contributed by atoms with Gasteiger partial charge in [-0.3, -0.25) is 0 Å². The summed E-state index contributed by atoms with van der Waals surface area (Å²) in [5.41, 5.74) is -0.984. The Morgan fingerprint density at radius 2 is 1.83 bits per heavy atom. The second-order valence-electron chi connectivity index (χ2n) is 4.10. The minimum absolute atomic E-state index is 0.0000926. The van der Waals surface area contributed by atoms with Gasteiger partial charge < -0.3 is 4.90 Å². The molecular formula is C10H13F3N2O2S. The Balaban J connectivity index is 3.39. The number of alkyl halides is 3. The highest BCUT2D eigenvalue weighted by molar-refractivity contribution is 7.89. The maximum atomic E-state index is 12.8. The van der Waals surface area contributed by atoms with Gasteiger partial charge in [-0.15, -0.1) is 0 Å². The van der Waals surface area contributed by atoms with E-state index in [0.29, 0.717) is 6.07 Å². The van der Waals surface area contributed by atoms with Crippen LogP contribution in [0.5, 0.6) is 0 Å². The van der Waals surface area contributed by atoms with Crippen molar-refractivity contribution in [3.63, 3.8) is 0 Å². The Morgan fingerprint density at radius 1 is 1.28 bits per heavy atom. The molecule has 0 aliphatic carbocycles. The average Bonchev–Trinajstić information content (AvgIpc) is 2.13. The first-order chi connectivity index (χ1) is 8.01. The second-order valence-corrected chi connectivity index (χ2v) is 5.66. The SMILES string of the molecule is CN(C)Cc1ccc(S(N)(=O)=O)cc1C(F)(F)F. The van der Waals surface area contributed by atoms with Gasteiger partial charge >= 0.3 is 6.18 Å². The first-order valence-corrected chi connectivity index (χ1v) is 6.44. The first-order valence-electron chi connectivity index (χ1n) is 4.89. The number of halogens is 3. The molecule has 8 heteroatoms. The fourth-order valence-electron chi connectivity index (χ4n) is 1.47. The number of rotatable bonds is 3. The van der Waals surface area contributed by atoms with E-state index in [2.05, 4.69) is 0 Å². The molecule has 0 amide bonds. The Kier molecular flexibility index (Phi) is 4.04. The molecule has 4 nitrogen and oxygen atoms in total. The van der Waals surface area contributed by atoms with Crippen LogP contribution >= 0.6 is 0 Å². The van der Waals surface area contributed by atoms with Crippen LogP contribution in [0.2, 0.25) is 0 Å². The van der Waals surface area contributed by atoms with Gasteiger partial charge in [0.25, 0.3) is 0 Å². The Bertz CT molecular complexity index is 539. The van der Waals surface area contributed by atoms with Gasteiger partial charge in [0.15, 0.2) is 0 Å². The van der Waals surface area contributed by atoms with Gasteiger partial charge in [-0.05, 0) is 31.8 Å². The molecule has 18 heavy (non-hydrogen) atoms. The van der Waals surface area contributed by atoms with E-state index < -0.39 is 26.7 Å². The van der Waals surface area contributed by atoms with Gasteiger partial charge in [0.1, 0.15) is 0 Å². The van der Waals surface area contributed by atoms with Crippen molar-refractivity contribution in [2.24, 2.45) is 5.14 Å². The lowest BCUT2D eigenvalue weighted by Gasteiger charge is -2.17. The molecule has 0 saturated carbocycles. The van der Waals surface area contributed by atoms with Crippen molar-refractivity contribution >= 4 is 10.0 Å². The van der Waals surface area contributed by atoms with Crippen LogP contribution < -0.4 is 5.14 Å². The summed E-state index contributed by atoms with van der Waals surface area (Å²) >= 11 is 0. The largest absolute Gasteiger partial charge is 0.416 e. The lowest BCUT2D eigenvalue weighted by atomic mass is 10.1. The van der Waals surface area contributed by atoms with Crippen molar-refractivity contribution in [1.82, 2.24) is 4.90 Å². The number of primary sulfonamides is 1. The van der Waals surface area contributed by atoms with E-state index in [1.807, 2.05) is 0 Å². The van der Waals surface area contributed by atoms with Gasteiger partial charge in [-0.2, -0.15) is 13.2 Å². The number of nitrogens with zero attached hydrogens (tertiary/aromatic N) is 1. The van der Waals surface area contributed by atoms with Crippen molar-refractivity contribution in [3.8, 4) is 0 Å². The number of nitrogens with two attached hydrogens (primary N) is 1. The van der Waals surface area contributed by atoms with Crippen LogP contribution in [0.1, 0.15) is 11.1 Å². The fraction of sp³-hybridized carbons (Fsp3) is 0.400. The molecule has 0 aliphatic heterocycles. The van der Waals surface area contributed by atoms with Gasteiger partial charge in [0.05, 0.1) is 10.5 Å². The smallest absolute Gasteiger partial charge is 0.305 e. The molecule has 1 aromatic rings. The van der Waals surface area contributed by atoms with E-state index in [-0.39, 0.29) is 12.1 Å². The quantitative estimate of drug-likeness (QED) is 0.911. The predicted molar refractivity (Wildman–Crippen MR) is 60.2 cm³/mol. The predicted octanol–water partition coefficient (Wildman–Crippen LogP) is 1.41. The second kappa shape index (κ2) is 4.87. The Labute approximate surface area is 103 Å². The molecule has 0 aromatic heterocycles. The van der Waals surface area contributed by atoms with Crippen LogP contribution in [0.15, 0.2) is 23.1 Å². The molecule has 0 unspecified atom stereocenters. The highest BCUT2D eigenvalue weighted by Crippen LogP contribution is 2.33. The monoisotopic (exact) mass is 282 g/mol. The normalized spacial score (nSPS) is 13.1. The third-order valence-corrected chi connectivity index (χ3v) is 3.11. The molecule has 102 valence electrons. The molecule has 0 fully saturated rings. The molecule has 0 spiro atoms. The maximum absolute atomic E-state index is 12.8. The van der Waals surface area contributed by atoms with E-state index in [4.69, 9.17) is 5.14 Å². The third kappa shape index (κ3) is 3.69. The van der Waals surface area contributed by atoms with E-state index in [9.17, 15) is 21.6 Å². The van der Waals surface area contributed by atoms with E-state index in [1.54, 1.807) is 19.0 Å². The summed E-state index contributed by atoms with van der Waals surface area (Å²) in [6, 6.07) is 2.76. The van der Waals surface area contributed by atoms with Gasteiger partial charge in [-0.25, -0.2) is 13.6 Å². The van der Waals surface area contributed by atoms with E-state index >= 15 is 0 Å². The molecule has 1 rings (SSSR count). The molecule has 2 N–H and O–H groups in total. The van der Waals surface area contributed by atoms with Crippen molar-refractivity contribution in [3.05, 3.63) is 29.3 Å². The summed E-state index contributed by atoms with van der Waals surface area (Å²) in [4.78, 5) is 1.01. The van der Waals surface area contributed by atoms with Crippen LogP contribution in [-0.2, 0) is 22.7 Å². The highest BCUT2D eigenvalue weighted by atomic mass is 32.2. The Morgan fingerprint density at radius 3 is 2.22 bits per heavy atom. The number of benzene rings is 1. The molecule has 0 bridgehead atoms. The minimum Gasteiger partial charge on any atom is -0.305 e. The first kappa shape index (κ1) is 14.9. The van der Waals surface area contributed by atoms with Crippen LogP contribution in [0.4, 0.5) is 13.2 Å². The van der Waals surface area contributed by atoms with Gasteiger partial charge in [-0.1, -0.05) is 6.07 Å². The highest BCUT2D eigenvalue weighted by Gasteiger charge is 2.34. The summed E-state index contributed by atoms with van der Waals surface area (Å²) < 4.78 is 60.5. The summed E-state index contributed by atoms with van der Waals surface area (Å²) in [7, 11) is -0.907. The fourth-order valence-corrected chi connectivity index (χ4v) is 2.01. The standard InChI is InChI=1S/C10H13F3N2O2S/c1-15(2)6-7-3-4-8(18(14,16)17)5-9(7)10(11,12)13/h3-5H,6H2,1-2H3,(H2,14,16,17). The van der Waals surface area contributed by atoms with Gasteiger partial charge in [0, 0.05) is 6.54 Å². The van der Waals surface area contributed by atoms with Crippen LogP contribution in [0.25, 0.3) is 0 Å². The lowest BCUT2D eigenvalue weighted by molar-refractivity contribution is -0.138. The van der Waals surface area contributed by atoms with Crippen LogP contribution in [0.3, 0.4) is 0 Å². The summed E-state index contributed by atoms with van der Waals surface area (Å²) in [5, 5.41) is 4.81. The maximum Gasteiger partial charge on any atom is 0.416 e. The zero-order valence-corrected chi connectivity index (χ0v) is 10.6. The van der Waals surface area contributed by atoms with Crippen molar-refractivity contribution in [2.75, 3.05) is 14.1 Å². The molecule has 0 radical (unpaired) electrons. The zero-order chi connectivity index (χ0) is 14.1. The number of hydrogen-bond donors (Lipinski definition) is 1. The zero-order valence-electron chi connectivity index (χ0n) is 9.82. The lowest BCUT2D eigenvalue weighted by Crippen LogP contribution is -2.19.